The highest BCUT2D eigenvalue weighted by Gasteiger charge is 2.29. The molecule has 1 N–H and O–H groups in total. The minimum absolute atomic E-state index is 0.369. The molecule has 28 heavy (non-hydrogen) atoms. The summed E-state index contributed by atoms with van der Waals surface area (Å²) in [7, 11) is 0. The fraction of sp³-hybridized carbons (Fsp3) is 0.333. The molecule has 1 aliphatic heterocycles. The molecule has 0 aromatic heterocycles. The lowest BCUT2D eigenvalue weighted by molar-refractivity contribution is 0.157. The maximum Gasteiger partial charge on any atom is 0.132 e. The van der Waals surface area contributed by atoms with Crippen LogP contribution in [-0.4, -0.2) is 23.9 Å². The van der Waals surface area contributed by atoms with Gasteiger partial charge in [-0.05, 0) is 56.0 Å². The van der Waals surface area contributed by atoms with E-state index in [0.717, 1.165) is 23.1 Å². The molecule has 0 fully saturated rings. The second kappa shape index (κ2) is 8.19. The van der Waals surface area contributed by atoms with E-state index in [9.17, 15) is 9.50 Å². The summed E-state index contributed by atoms with van der Waals surface area (Å²) in [5, 5.41) is 9.26. The van der Waals surface area contributed by atoms with Crippen molar-refractivity contribution in [2.75, 3.05) is 13.2 Å². The predicted octanol–water partition coefficient (Wildman–Crippen LogP) is 5.77. The van der Waals surface area contributed by atoms with E-state index < -0.39 is 18.0 Å². The van der Waals surface area contributed by atoms with Gasteiger partial charge in [-0.2, -0.15) is 0 Å². The lowest BCUT2D eigenvalue weighted by Crippen LogP contribution is -2.29. The molecule has 3 rings (SSSR count). The number of benzene rings is 2. The van der Waals surface area contributed by atoms with E-state index in [1.807, 2.05) is 51.1 Å². The first-order valence-corrected chi connectivity index (χ1v) is 9.61. The van der Waals surface area contributed by atoms with E-state index in [1.54, 1.807) is 6.92 Å². The highest BCUT2D eigenvalue weighted by atomic mass is 19.1. The third kappa shape index (κ3) is 4.12. The Hall–Kier alpha value is -2.59. The van der Waals surface area contributed by atoms with Gasteiger partial charge in [-0.1, -0.05) is 37.3 Å². The lowest BCUT2D eigenvalue weighted by Gasteiger charge is -2.32. The number of fused-ring (bicyclic) bond motifs is 1. The second-order valence-corrected chi connectivity index (χ2v) is 7.51. The van der Waals surface area contributed by atoms with Crippen LogP contribution in [0.15, 0.2) is 54.4 Å². The number of ether oxygens (including phenoxy) is 2. The summed E-state index contributed by atoms with van der Waals surface area (Å²) in [6.07, 6.45) is 2.92. The van der Waals surface area contributed by atoms with Gasteiger partial charge in [0, 0.05) is 17.2 Å². The third-order valence-corrected chi connectivity index (χ3v) is 4.73. The van der Waals surface area contributed by atoms with Crippen molar-refractivity contribution in [3.05, 3.63) is 71.1 Å². The summed E-state index contributed by atoms with van der Waals surface area (Å²) in [5.74, 6) is 0.703. The van der Waals surface area contributed by atoms with Gasteiger partial charge in [-0.25, -0.2) is 4.39 Å². The molecule has 4 heteroatoms. The minimum Gasteiger partial charge on any atom is -0.493 e. The molecule has 2 aromatic rings. The van der Waals surface area contributed by atoms with Gasteiger partial charge in [0.15, 0.2) is 0 Å². The molecule has 1 heterocycles. The van der Waals surface area contributed by atoms with E-state index in [1.165, 1.54) is 0 Å². The summed E-state index contributed by atoms with van der Waals surface area (Å²) in [6, 6.07) is 13.8. The minimum atomic E-state index is -0.638. The Balaban J connectivity index is 2.23. The fourth-order valence-corrected chi connectivity index (χ4v) is 3.34. The fourth-order valence-electron chi connectivity index (χ4n) is 3.34. The molecule has 0 amide bonds. The van der Waals surface area contributed by atoms with Gasteiger partial charge in [0.25, 0.3) is 0 Å². The second-order valence-electron chi connectivity index (χ2n) is 7.51. The van der Waals surface area contributed by atoms with Crippen molar-refractivity contribution >= 4 is 11.1 Å². The number of aliphatic hydroxyl groups is 1. The molecule has 0 spiro atoms. The van der Waals surface area contributed by atoms with Crippen LogP contribution in [0.5, 0.6) is 11.5 Å². The SMILES string of the molecule is CCCOc1cc2c(cc1/C(C)=C(/F)CO)C(c1ccccc1)=CC(C)(C)O2. The summed E-state index contributed by atoms with van der Waals surface area (Å²) < 4.78 is 26.3. The topological polar surface area (TPSA) is 38.7 Å². The zero-order chi connectivity index (χ0) is 20.3. The Morgan fingerprint density at radius 2 is 1.89 bits per heavy atom. The van der Waals surface area contributed by atoms with E-state index in [0.29, 0.717) is 29.2 Å². The Morgan fingerprint density at radius 3 is 2.54 bits per heavy atom. The van der Waals surface area contributed by atoms with E-state index >= 15 is 0 Å². The van der Waals surface area contributed by atoms with Crippen molar-refractivity contribution in [2.24, 2.45) is 0 Å². The monoisotopic (exact) mass is 382 g/mol. The molecule has 0 aliphatic carbocycles. The highest BCUT2D eigenvalue weighted by molar-refractivity contribution is 5.87. The first kappa shape index (κ1) is 20.2. The Labute approximate surface area is 166 Å². The third-order valence-electron chi connectivity index (χ3n) is 4.73. The maximum absolute atomic E-state index is 14.2. The molecule has 3 nitrogen and oxygen atoms in total. The number of aliphatic hydroxyl groups excluding tert-OH is 1. The number of hydrogen-bond acceptors (Lipinski definition) is 3. The Kier molecular flexibility index (Phi) is 5.90. The van der Waals surface area contributed by atoms with Crippen molar-refractivity contribution < 1.29 is 19.0 Å². The molecule has 0 radical (unpaired) electrons. The van der Waals surface area contributed by atoms with Gasteiger partial charge in [-0.3, -0.25) is 0 Å². The van der Waals surface area contributed by atoms with Gasteiger partial charge >= 0.3 is 0 Å². The zero-order valence-electron chi connectivity index (χ0n) is 16.9. The van der Waals surface area contributed by atoms with Gasteiger partial charge in [-0.15, -0.1) is 0 Å². The van der Waals surface area contributed by atoms with Crippen LogP contribution >= 0.6 is 0 Å². The molecule has 0 unspecified atom stereocenters. The largest absolute Gasteiger partial charge is 0.493 e. The predicted molar refractivity (Wildman–Crippen MR) is 111 cm³/mol. The van der Waals surface area contributed by atoms with E-state index in [2.05, 4.69) is 18.2 Å². The molecule has 0 atom stereocenters. The van der Waals surface area contributed by atoms with E-state index in [-0.39, 0.29) is 0 Å². The van der Waals surface area contributed by atoms with Crippen molar-refractivity contribution in [1.82, 2.24) is 0 Å². The average Bonchev–Trinajstić information content (AvgIpc) is 2.69. The van der Waals surface area contributed by atoms with E-state index in [4.69, 9.17) is 9.47 Å². The van der Waals surface area contributed by atoms with Crippen LogP contribution in [0.4, 0.5) is 4.39 Å². The zero-order valence-corrected chi connectivity index (χ0v) is 16.9. The molecule has 148 valence electrons. The molecule has 0 saturated carbocycles. The van der Waals surface area contributed by atoms with Crippen LogP contribution < -0.4 is 9.47 Å². The van der Waals surface area contributed by atoms with Crippen LogP contribution in [0.1, 0.15) is 50.8 Å². The standard InChI is InChI=1S/C24H27FO3/c1-5-11-27-22-13-23-19(12-18(22)16(2)21(25)15-26)20(14-24(3,4)28-23)17-9-7-6-8-10-17/h6-10,12-14,26H,5,11,15H2,1-4H3/b21-16+. The number of allylic oxidation sites excluding steroid dienone is 1. The smallest absolute Gasteiger partial charge is 0.132 e. The van der Waals surface area contributed by atoms with Crippen LogP contribution in [0.2, 0.25) is 0 Å². The van der Waals surface area contributed by atoms with Gasteiger partial charge < -0.3 is 14.6 Å². The van der Waals surface area contributed by atoms with Crippen molar-refractivity contribution in [3.8, 4) is 11.5 Å². The average molecular weight is 382 g/mol. The maximum atomic E-state index is 14.2. The van der Waals surface area contributed by atoms with Gasteiger partial charge in [0.05, 0.1) is 13.2 Å². The molecular weight excluding hydrogens is 355 g/mol. The van der Waals surface area contributed by atoms with Gasteiger partial charge in [0.1, 0.15) is 22.9 Å². The summed E-state index contributed by atoms with van der Waals surface area (Å²) in [6.45, 7) is 7.58. The lowest BCUT2D eigenvalue weighted by atomic mass is 9.88. The van der Waals surface area contributed by atoms with Crippen LogP contribution in [0, 0.1) is 0 Å². The first-order chi connectivity index (χ1) is 13.4. The summed E-state index contributed by atoms with van der Waals surface area (Å²) in [4.78, 5) is 0. The van der Waals surface area contributed by atoms with Crippen LogP contribution in [0.3, 0.4) is 0 Å². The molecular formula is C24H27FO3. The van der Waals surface area contributed by atoms with Gasteiger partial charge in [0.2, 0.25) is 0 Å². The molecule has 1 aliphatic rings. The Bertz CT molecular complexity index is 911. The van der Waals surface area contributed by atoms with Crippen molar-refractivity contribution in [2.45, 2.75) is 39.7 Å². The van der Waals surface area contributed by atoms with Crippen LogP contribution in [0.25, 0.3) is 11.1 Å². The normalized spacial score (nSPS) is 15.9. The van der Waals surface area contributed by atoms with Crippen LogP contribution in [-0.2, 0) is 0 Å². The van der Waals surface area contributed by atoms with Crippen molar-refractivity contribution in [1.29, 1.82) is 0 Å². The molecule has 0 bridgehead atoms. The molecule has 2 aromatic carbocycles. The Morgan fingerprint density at radius 1 is 1.18 bits per heavy atom. The number of rotatable bonds is 6. The highest BCUT2D eigenvalue weighted by Crippen LogP contribution is 2.44. The molecule has 0 saturated heterocycles. The first-order valence-electron chi connectivity index (χ1n) is 9.61. The number of halogens is 1. The summed E-state index contributed by atoms with van der Waals surface area (Å²) >= 11 is 0. The van der Waals surface area contributed by atoms with Crippen molar-refractivity contribution in [3.63, 3.8) is 0 Å². The number of hydrogen-bond donors (Lipinski definition) is 1. The summed E-state index contributed by atoms with van der Waals surface area (Å²) in [5.41, 5.74) is 3.50. The quantitative estimate of drug-likeness (QED) is 0.689.